The molecule has 1 aliphatic rings. The summed E-state index contributed by atoms with van der Waals surface area (Å²) in [6.07, 6.45) is 1.60. The number of aromatic nitrogens is 2. The number of anilines is 1. The highest BCUT2D eigenvalue weighted by Gasteiger charge is 2.37. The lowest BCUT2D eigenvalue weighted by Crippen LogP contribution is -2.57. The van der Waals surface area contributed by atoms with Gasteiger partial charge in [-0.3, -0.25) is 9.59 Å². The van der Waals surface area contributed by atoms with Gasteiger partial charge in [0.15, 0.2) is 5.60 Å². The lowest BCUT2D eigenvalue weighted by molar-refractivity contribution is -0.155. The van der Waals surface area contributed by atoms with Gasteiger partial charge in [0.1, 0.15) is 5.82 Å². The summed E-state index contributed by atoms with van der Waals surface area (Å²) in [7, 11) is 1.97. The van der Waals surface area contributed by atoms with E-state index in [2.05, 4.69) is 20.6 Å². The molecule has 122 valence electrons. The van der Waals surface area contributed by atoms with Gasteiger partial charge in [0.05, 0.1) is 19.3 Å². The third kappa shape index (κ3) is 4.05. The molecule has 1 aromatic heterocycles. The number of carbonyl (C=O) groups excluding carboxylic acids is 2. The van der Waals surface area contributed by atoms with Crippen LogP contribution in [0.1, 0.15) is 13.8 Å². The number of hydrogen-bond donors (Lipinski definition) is 2. The van der Waals surface area contributed by atoms with Crippen LogP contribution in [-0.2, 0) is 20.9 Å². The Kier molecular flexibility index (Phi) is 5.15. The van der Waals surface area contributed by atoms with E-state index in [0.29, 0.717) is 32.1 Å². The van der Waals surface area contributed by atoms with Crippen LogP contribution in [-0.4, -0.2) is 65.4 Å². The summed E-state index contributed by atoms with van der Waals surface area (Å²) < 4.78 is 7.27. The molecular weight excluding hydrogens is 286 g/mol. The molecule has 1 saturated heterocycles. The van der Waals surface area contributed by atoms with Crippen LogP contribution < -0.4 is 10.6 Å². The Labute approximate surface area is 129 Å². The zero-order valence-corrected chi connectivity index (χ0v) is 13.3. The van der Waals surface area contributed by atoms with Crippen molar-refractivity contribution in [1.82, 2.24) is 20.0 Å². The lowest BCUT2D eigenvalue weighted by atomic mass is 10.0. The van der Waals surface area contributed by atoms with Gasteiger partial charge in [-0.25, -0.2) is 4.68 Å². The fourth-order valence-electron chi connectivity index (χ4n) is 2.46. The predicted molar refractivity (Wildman–Crippen MR) is 81.4 cm³/mol. The van der Waals surface area contributed by atoms with Gasteiger partial charge in [0.25, 0.3) is 5.91 Å². The first kappa shape index (κ1) is 16.4. The quantitative estimate of drug-likeness (QED) is 0.778. The molecular formula is C14H23N5O3. The molecule has 1 fully saturated rings. The van der Waals surface area contributed by atoms with Gasteiger partial charge >= 0.3 is 0 Å². The fourth-order valence-corrected chi connectivity index (χ4v) is 2.46. The van der Waals surface area contributed by atoms with Crippen LogP contribution >= 0.6 is 0 Å². The van der Waals surface area contributed by atoms with E-state index in [9.17, 15) is 9.59 Å². The smallest absolute Gasteiger partial charge is 0.253 e. The third-order valence-electron chi connectivity index (χ3n) is 3.58. The van der Waals surface area contributed by atoms with E-state index >= 15 is 0 Å². The van der Waals surface area contributed by atoms with Crippen LogP contribution in [0.25, 0.3) is 0 Å². The van der Waals surface area contributed by atoms with Crippen LogP contribution in [0.4, 0.5) is 5.82 Å². The van der Waals surface area contributed by atoms with Gasteiger partial charge in [-0.15, -0.1) is 0 Å². The topological polar surface area (TPSA) is 88.5 Å². The molecule has 1 aromatic rings. The molecule has 0 saturated carbocycles. The van der Waals surface area contributed by atoms with Crippen molar-refractivity contribution < 1.29 is 14.3 Å². The number of likely N-dealkylation sites (N-methyl/N-ethyl adjacent to an activating group) is 1. The van der Waals surface area contributed by atoms with Crippen LogP contribution in [0.5, 0.6) is 0 Å². The van der Waals surface area contributed by atoms with Gasteiger partial charge in [0, 0.05) is 32.6 Å². The zero-order chi connectivity index (χ0) is 16.2. The summed E-state index contributed by atoms with van der Waals surface area (Å²) in [5, 5.41) is 9.67. The molecule has 8 heteroatoms. The molecule has 0 aromatic carbocycles. The SMILES string of the molecule is CC(=O)Nc1ccnn1CCNC(=O)C1(C)CN(C)CCO1. The first-order valence-corrected chi connectivity index (χ1v) is 7.31. The number of rotatable bonds is 5. The molecule has 2 heterocycles. The Bertz CT molecular complexity index is 544. The van der Waals surface area contributed by atoms with Crippen molar-refractivity contribution in [3.63, 3.8) is 0 Å². The third-order valence-corrected chi connectivity index (χ3v) is 3.58. The molecule has 1 atom stereocenters. The van der Waals surface area contributed by atoms with Gasteiger partial charge in [-0.2, -0.15) is 5.10 Å². The Morgan fingerprint density at radius 2 is 2.27 bits per heavy atom. The molecule has 1 unspecified atom stereocenters. The van der Waals surface area contributed by atoms with E-state index in [-0.39, 0.29) is 11.8 Å². The largest absolute Gasteiger partial charge is 0.363 e. The first-order chi connectivity index (χ1) is 10.4. The van der Waals surface area contributed by atoms with Crippen LogP contribution in [0.15, 0.2) is 12.3 Å². The highest BCUT2D eigenvalue weighted by atomic mass is 16.5. The Morgan fingerprint density at radius 3 is 2.95 bits per heavy atom. The lowest BCUT2D eigenvalue weighted by Gasteiger charge is -2.37. The first-order valence-electron chi connectivity index (χ1n) is 7.31. The number of ether oxygens (including phenoxy) is 1. The molecule has 22 heavy (non-hydrogen) atoms. The molecule has 0 bridgehead atoms. The minimum atomic E-state index is -0.822. The van der Waals surface area contributed by atoms with Crippen molar-refractivity contribution in [3.05, 3.63) is 12.3 Å². The van der Waals surface area contributed by atoms with E-state index in [4.69, 9.17) is 4.74 Å². The highest BCUT2D eigenvalue weighted by molar-refractivity contribution is 5.87. The highest BCUT2D eigenvalue weighted by Crippen LogP contribution is 2.16. The summed E-state index contributed by atoms with van der Waals surface area (Å²) in [6.45, 7) is 6.07. The average Bonchev–Trinajstić information content (AvgIpc) is 2.85. The molecule has 2 N–H and O–H groups in total. The Hall–Kier alpha value is -1.93. The second-order valence-electron chi connectivity index (χ2n) is 5.69. The second kappa shape index (κ2) is 6.89. The maximum Gasteiger partial charge on any atom is 0.253 e. The van der Waals surface area contributed by atoms with Crippen molar-refractivity contribution in [2.75, 3.05) is 38.6 Å². The van der Waals surface area contributed by atoms with Gasteiger partial charge in [0.2, 0.25) is 5.91 Å². The molecule has 1 aliphatic heterocycles. The monoisotopic (exact) mass is 309 g/mol. The van der Waals surface area contributed by atoms with Crippen LogP contribution in [0.2, 0.25) is 0 Å². The van der Waals surface area contributed by atoms with Gasteiger partial charge < -0.3 is 20.3 Å². The Morgan fingerprint density at radius 1 is 1.50 bits per heavy atom. The number of nitrogens with one attached hydrogen (secondary N) is 2. The number of carbonyl (C=O) groups is 2. The van der Waals surface area contributed by atoms with Crippen LogP contribution in [0, 0.1) is 0 Å². The van der Waals surface area contributed by atoms with E-state index in [0.717, 1.165) is 6.54 Å². The fraction of sp³-hybridized carbons (Fsp3) is 0.643. The van der Waals surface area contributed by atoms with Crippen molar-refractivity contribution >= 4 is 17.6 Å². The number of morpholine rings is 1. The van der Waals surface area contributed by atoms with Crippen LogP contribution in [0.3, 0.4) is 0 Å². The molecule has 0 aliphatic carbocycles. The van der Waals surface area contributed by atoms with Crippen molar-refractivity contribution in [2.45, 2.75) is 26.0 Å². The molecule has 0 spiro atoms. The maximum atomic E-state index is 12.3. The summed E-state index contributed by atoms with van der Waals surface area (Å²) >= 11 is 0. The minimum absolute atomic E-state index is 0.132. The summed E-state index contributed by atoms with van der Waals surface area (Å²) in [6, 6.07) is 1.71. The minimum Gasteiger partial charge on any atom is -0.363 e. The normalized spacial score (nSPS) is 22.3. The summed E-state index contributed by atoms with van der Waals surface area (Å²) in [5.74, 6) is 0.325. The number of amides is 2. The summed E-state index contributed by atoms with van der Waals surface area (Å²) in [5.41, 5.74) is -0.822. The average molecular weight is 309 g/mol. The van der Waals surface area contributed by atoms with Gasteiger partial charge in [-0.1, -0.05) is 0 Å². The number of nitrogens with zero attached hydrogens (tertiary/aromatic N) is 3. The predicted octanol–water partition coefficient (Wildman–Crippen LogP) is -0.322. The Balaban J connectivity index is 1.84. The molecule has 0 radical (unpaired) electrons. The number of hydrogen-bond acceptors (Lipinski definition) is 5. The second-order valence-corrected chi connectivity index (χ2v) is 5.69. The summed E-state index contributed by atoms with van der Waals surface area (Å²) in [4.78, 5) is 25.5. The van der Waals surface area contributed by atoms with Crippen molar-refractivity contribution in [1.29, 1.82) is 0 Å². The zero-order valence-electron chi connectivity index (χ0n) is 13.3. The van der Waals surface area contributed by atoms with Crippen molar-refractivity contribution in [3.8, 4) is 0 Å². The van der Waals surface area contributed by atoms with Gasteiger partial charge in [-0.05, 0) is 14.0 Å². The van der Waals surface area contributed by atoms with Crippen molar-refractivity contribution in [2.24, 2.45) is 0 Å². The maximum absolute atomic E-state index is 12.3. The van der Waals surface area contributed by atoms with E-state index in [1.165, 1.54) is 6.92 Å². The van der Waals surface area contributed by atoms with E-state index in [1.807, 2.05) is 7.05 Å². The van der Waals surface area contributed by atoms with E-state index < -0.39 is 5.60 Å². The molecule has 8 nitrogen and oxygen atoms in total. The standard InChI is InChI=1S/C14H23N5O3/c1-11(20)17-12-4-5-16-19(12)7-6-15-13(21)14(2)10-18(3)8-9-22-14/h4-5H,6-10H2,1-3H3,(H,15,21)(H,17,20). The molecule has 2 rings (SSSR count). The van der Waals surface area contributed by atoms with E-state index in [1.54, 1.807) is 23.9 Å². The molecule has 2 amide bonds.